The quantitative estimate of drug-likeness (QED) is 0.555. The molecule has 2 saturated heterocycles. The van der Waals surface area contributed by atoms with Crippen LogP contribution < -0.4 is 4.90 Å². The largest absolute Gasteiger partial charge is 0.368 e. The highest BCUT2D eigenvalue weighted by Gasteiger charge is 2.64. The Labute approximate surface area is 212 Å². The minimum Gasteiger partial charge on any atom is -0.368 e. The lowest BCUT2D eigenvalue weighted by Gasteiger charge is -2.60. The normalized spacial score (nSPS) is 41.9. The van der Waals surface area contributed by atoms with Gasteiger partial charge in [0.15, 0.2) is 0 Å². The molecule has 8 heteroatoms. The maximum absolute atomic E-state index is 13.2. The first-order valence-electron chi connectivity index (χ1n) is 14.0. The van der Waals surface area contributed by atoms with Gasteiger partial charge in [-0.3, -0.25) is 4.79 Å². The molecule has 7 fully saturated rings. The highest BCUT2D eigenvalue weighted by atomic mass is 19.1. The molecule has 196 valence electrons. The number of carbonyl (C=O) groups excluding carboxylic acids is 1. The van der Waals surface area contributed by atoms with Crippen LogP contribution in [0.1, 0.15) is 64.2 Å². The fourth-order valence-corrected chi connectivity index (χ4v) is 8.15. The minimum atomic E-state index is -0.833. The fraction of sp³-hybridized carbons (Fsp3) is 0.750. The van der Waals surface area contributed by atoms with Crippen LogP contribution in [-0.2, 0) is 24.3 Å². The topological polar surface area (TPSA) is 60.5 Å². The zero-order valence-electron chi connectivity index (χ0n) is 20.9. The number of hydrogen-bond donors (Lipinski definition) is 0. The third-order valence-corrected chi connectivity index (χ3v) is 10.1. The van der Waals surface area contributed by atoms with Crippen LogP contribution in [-0.4, -0.2) is 48.6 Å². The Morgan fingerprint density at radius 1 is 0.833 bits per heavy atom. The molecule has 5 aliphatic carbocycles. The summed E-state index contributed by atoms with van der Waals surface area (Å²) in [6.45, 7) is 2.94. The molecule has 2 spiro atoms. The van der Waals surface area contributed by atoms with Crippen LogP contribution in [0.3, 0.4) is 0 Å². The van der Waals surface area contributed by atoms with Crippen molar-refractivity contribution in [3.05, 3.63) is 30.1 Å². The molecule has 4 bridgehead atoms. The molecular formula is C28H37FN2O5. The zero-order valence-corrected chi connectivity index (χ0v) is 20.9. The molecule has 0 radical (unpaired) electrons. The van der Waals surface area contributed by atoms with Gasteiger partial charge in [0.2, 0.25) is 17.5 Å². The van der Waals surface area contributed by atoms with Gasteiger partial charge in [0.25, 0.3) is 0 Å². The fourth-order valence-electron chi connectivity index (χ4n) is 8.15. The van der Waals surface area contributed by atoms with E-state index in [9.17, 15) is 9.18 Å². The molecule has 36 heavy (non-hydrogen) atoms. The Balaban J connectivity index is 0.884. The Morgan fingerprint density at radius 2 is 1.42 bits per heavy atom. The molecule has 1 aromatic rings. The van der Waals surface area contributed by atoms with E-state index in [1.807, 2.05) is 4.90 Å². The second kappa shape index (κ2) is 8.93. The molecule has 1 amide bonds. The number of nitrogens with zero attached hydrogens (tertiary/aromatic N) is 2. The van der Waals surface area contributed by atoms with E-state index in [0.29, 0.717) is 50.1 Å². The number of anilines is 1. The van der Waals surface area contributed by atoms with Gasteiger partial charge in [-0.2, -0.15) is 19.6 Å². The van der Waals surface area contributed by atoms with Crippen molar-refractivity contribution in [2.45, 2.75) is 75.8 Å². The molecule has 0 aromatic heterocycles. The van der Waals surface area contributed by atoms with E-state index < -0.39 is 11.6 Å². The van der Waals surface area contributed by atoms with Crippen LogP contribution >= 0.6 is 0 Å². The molecule has 0 N–H and O–H groups in total. The van der Waals surface area contributed by atoms with Crippen molar-refractivity contribution in [2.24, 2.45) is 29.6 Å². The van der Waals surface area contributed by atoms with Crippen molar-refractivity contribution in [3.8, 4) is 0 Å². The van der Waals surface area contributed by atoms with E-state index in [4.69, 9.17) is 19.6 Å². The molecule has 2 heterocycles. The lowest BCUT2D eigenvalue weighted by molar-refractivity contribution is -0.680. The number of piperazine rings is 1. The molecule has 1 aromatic carbocycles. The van der Waals surface area contributed by atoms with Crippen LogP contribution in [0.2, 0.25) is 0 Å². The second-order valence-corrected chi connectivity index (χ2v) is 12.3. The maximum Gasteiger partial charge on any atom is 0.239 e. The summed E-state index contributed by atoms with van der Waals surface area (Å²) in [6, 6.07) is 6.58. The summed E-state index contributed by atoms with van der Waals surface area (Å²) in [5.74, 6) is 1.17. The molecule has 7 nitrogen and oxygen atoms in total. The van der Waals surface area contributed by atoms with Gasteiger partial charge in [0, 0.05) is 63.0 Å². The number of rotatable bonds is 3. The van der Waals surface area contributed by atoms with E-state index in [1.165, 1.54) is 18.6 Å². The molecular weight excluding hydrogens is 463 g/mol. The number of halogens is 1. The van der Waals surface area contributed by atoms with Crippen molar-refractivity contribution >= 4 is 11.6 Å². The van der Waals surface area contributed by atoms with Gasteiger partial charge >= 0.3 is 0 Å². The highest BCUT2D eigenvalue weighted by Crippen LogP contribution is 2.62. The molecule has 5 saturated carbocycles. The van der Waals surface area contributed by atoms with E-state index in [1.54, 1.807) is 12.1 Å². The Hall–Kier alpha value is -1.74. The summed E-state index contributed by atoms with van der Waals surface area (Å²) in [6.07, 6.45) is 9.66. The molecule has 7 aliphatic rings. The Bertz CT molecular complexity index is 931. The van der Waals surface area contributed by atoms with E-state index in [0.717, 1.165) is 69.1 Å². The van der Waals surface area contributed by atoms with Gasteiger partial charge in [0.05, 0.1) is 0 Å². The number of hydrogen-bond acceptors (Lipinski definition) is 6. The van der Waals surface area contributed by atoms with Crippen LogP contribution in [0.15, 0.2) is 24.3 Å². The smallest absolute Gasteiger partial charge is 0.239 e. The first kappa shape index (κ1) is 23.4. The zero-order chi connectivity index (χ0) is 24.3. The second-order valence-electron chi connectivity index (χ2n) is 12.3. The summed E-state index contributed by atoms with van der Waals surface area (Å²) in [7, 11) is 0. The third kappa shape index (κ3) is 4.05. The summed E-state index contributed by atoms with van der Waals surface area (Å²) in [5, 5.41) is 0. The summed E-state index contributed by atoms with van der Waals surface area (Å²) in [5.41, 5.74) is 1.01. The van der Waals surface area contributed by atoms with Crippen LogP contribution in [0, 0.1) is 35.4 Å². The standard InChI is InChI=1S/C28H37FN2O5/c29-24-1-3-25(4-2-24)30-9-11-31(12-10-30)26(32)18-19-5-7-27(8-6-19)33-35-28(36-34-27)22-14-20-13-21(16-22)17-23(28)15-20/h1-4,19-23H,5-18H2. The first-order chi connectivity index (χ1) is 17.5. The monoisotopic (exact) mass is 500 g/mol. The molecule has 8 rings (SSSR count). The summed E-state index contributed by atoms with van der Waals surface area (Å²) >= 11 is 0. The summed E-state index contributed by atoms with van der Waals surface area (Å²) < 4.78 is 13.2. The van der Waals surface area contributed by atoms with Gasteiger partial charge in [-0.25, -0.2) is 4.39 Å². The first-order valence-corrected chi connectivity index (χ1v) is 14.0. The van der Waals surface area contributed by atoms with Crippen molar-refractivity contribution in [3.63, 3.8) is 0 Å². The van der Waals surface area contributed by atoms with Crippen LogP contribution in [0.5, 0.6) is 0 Å². The van der Waals surface area contributed by atoms with E-state index in [-0.39, 0.29) is 11.7 Å². The average molecular weight is 501 g/mol. The van der Waals surface area contributed by atoms with Crippen LogP contribution in [0.4, 0.5) is 10.1 Å². The number of carbonyl (C=O) groups is 1. The van der Waals surface area contributed by atoms with Gasteiger partial charge in [-0.05, 0) is 87.0 Å². The predicted molar refractivity (Wildman–Crippen MR) is 129 cm³/mol. The molecule has 0 unspecified atom stereocenters. The Morgan fingerprint density at radius 3 is 2.00 bits per heavy atom. The minimum absolute atomic E-state index is 0.222. The van der Waals surface area contributed by atoms with Gasteiger partial charge in [0.1, 0.15) is 5.82 Å². The molecule has 2 aliphatic heterocycles. The van der Waals surface area contributed by atoms with Gasteiger partial charge in [-0.1, -0.05) is 0 Å². The van der Waals surface area contributed by atoms with Gasteiger partial charge in [-0.15, -0.1) is 0 Å². The van der Waals surface area contributed by atoms with Crippen molar-refractivity contribution in [1.29, 1.82) is 0 Å². The lowest BCUT2D eigenvalue weighted by Crippen LogP contribution is -2.64. The average Bonchev–Trinajstić information content (AvgIpc) is 2.90. The van der Waals surface area contributed by atoms with Crippen molar-refractivity contribution in [1.82, 2.24) is 4.90 Å². The van der Waals surface area contributed by atoms with Crippen LogP contribution in [0.25, 0.3) is 0 Å². The highest BCUT2D eigenvalue weighted by molar-refractivity contribution is 5.76. The Kier molecular flexibility index (Phi) is 5.80. The van der Waals surface area contributed by atoms with Crippen molar-refractivity contribution < 1.29 is 28.7 Å². The molecule has 0 atom stereocenters. The third-order valence-electron chi connectivity index (χ3n) is 10.1. The number of amides is 1. The lowest BCUT2D eigenvalue weighted by atomic mass is 9.53. The number of benzene rings is 1. The summed E-state index contributed by atoms with van der Waals surface area (Å²) in [4.78, 5) is 41.6. The van der Waals surface area contributed by atoms with Gasteiger partial charge < -0.3 is 9.80 Å². The predicted octanol–water partition coefficient (Wildman–Crippen LogP) is 4.81. The van der Waals surface area contributed by atoms with E-state index in [2.05, 4.69) is 4.90 Å². The SMILES string of the molecule is O=C(CC1CCC2(CC1)OOC1(OO2)C2CC3CC(C2)CC1C3)N1CCN(c2ccc(F)cc2)CC1. The maximum atomic E-state index is 13.2. The van der Waals surface area contributed by atoms with E-state index >= 15 is 0 Å². The van der Waals surface area contributed by atoms with Crippen molar-refractivity contribution in [2.75, 3.05) is 31.1 Å².